The van der Waals surface area contributed by atoms with E-state index in [0.717, 1.165) is 23.4 Å². The zero-order chi connectivity index (χ0) is 31.4. The second-order valence-corrected chi connectivity index (χ2v) is 10.4. The molecule has 3 N–H and O–H groups in total. The number of carbonyl (C=O) groups excluding carboxylic acids is 3. The molecule has 1 aliphatic rings. The van der Waals surface area contributed by atoms with E-state index in [1.165, 1.54) is 46.3 Å². The van der Waals surface area contributed by atoms with Crippen LogP contribution in [-0.2, 0) is 33.6 Å². The average Bonchev–Trinajstić information content (AvgIpc) is 3.55. The van der Waals surface area contributed by atoms with E-state index in [-0.39, 0.29) is 47.0 Å². The van der Waals surface area contributed by atoms with E-state index in [4.69, 9.17) is 17.3 Å². The first-order valence-corrected chi connectivity index (χ1v) is 13.8. The van der Waals surface area contributed by atoms with Crippen molar-refractivity contribution in [3.63, 3.8) is 0 Å². The number of benzene rings is 2. The van der Waals surface area contributed by atoms with Gasteiger partial charge in [0.2, 0.25) is 11.8 Å². The lowest BCUT2D eigenvalue weighted by molar-refractivity contribution is -0.136. The van der Waals surface area contributed by atoms with Gasteiger partial charge < -0.3 is 15.7 Å². The Labute approximate surface area is 254 Å². The molecular weight excluding hydrogens is 593 g/mol. The number of hydrogen-bond donors (Lipinski definition) is 2. The lowest BCUT2D eigenvalue weighted by atomic mass is 9.84. The summed E-state index contributed by atoms with van der Waals surface area (Å²) < 4.78 is 16.3. The highest BCUT2D eigenvalue weighted by molar-refractivity contribution is 6.31. The third-order valence-electron chi connectivity index (χ3n) is 7.27. The Balaban J connectivity index is 1.50. The highest BCUT2D eigenvalue weighted by atomic mass is 35.5. The standard InChI is InChI=1S/C30H25ClFN7O5/c31-23-8-9-24(39-16-35-36-37-39)22(28(23)32)7-11-27(42)38-13-12-20-17(5-10-26(33)41)2-1-3-21(20)29(38)25(40)14-19-6-4-18(15-34-19)30(43)44/h1-4,6-9,11,15-16,29H,5,10,12-14H2,(H2,33,41)(H,43,44)/b11-7+. The number of rotatable bonds is 10. The molecule has 1 atom stereocenters. The predicted molar refractivity (Wildman–Crippen MR) is 155 cm³/mol. The van der Waals surface area contributed by atoms with Crippen molar-refractivity contribution < 1.29 is 28.7 Å². The molecule has 1 unspecified atom stereocenters. The van der Waals surface area contributed by atoms with Crippen LogP contribution in [0.4, 0.5) is 4.39 Å². The van der Waals surface area contributed by atoms with E-state index in [2.05, 4.69) is 20.5 Å². The number of aromatic nitrogens is 5. The quantitative estimate of drug-likeness (QED) is 0.254. The number of tetrazole rings is 1. The minimum Gasteiger partial charge on any atom is -0.478 e. The molecule has 14 heteroatoms. The first-order valence-electron chi connectivity index (χ1n) is 13.4. The summed E-state index contributed by atoms with van der Waals surface area (Å²) in [5.74, 6) is -3.32. The summed E-state index contributed by atoms with van der Waals surface area (Å²) in [5, 5.41) is 19.9. The van der Waals surface area contributed by atoms with Gasteiger partial charge in [-0.25, -0.2) is 9.18 Å². The van der Waals surface area contributed by atoms with Gasteiger partial charge in [0.05, 0.1) is 22.7 Å². The molecule has 0 radical (unpaired) electrons. The van der Waals surface area contributed by atoms with Gasteiger partial charge in [0.15, 0.2) is 11.6 Å². The number of fused-ring (bicyclic) bond motifs is 1. The highest BCUT2D eigenvalue weighted by Crippen LogP contribution is 2.34. The maximum atomic E-state index is 15.1. The fourth-order valence-electron chi connectivity index (χ4n) is 5.19. The molecule has 1 aliphatic heterocycles. The van der Waals surface area contributed by atoms with Crippen LogP contribution in [-0.4, -0.2) is 65.3 Å². The number of halogens is 2. The van der Waals surface area contributed by atoms with Gasteiger partial charge in [-0.1, -0.05) is 29.8 Å². The van der Waals surface area contributed by atoms with Gasteiger partial charge in [-0.2, -0.15) is 4.68 Å². The normalized spacial score (nSPS) is 14.4. The zero-order valence-corrected chi connectivity index (χ0v) is 23.8. The molecule has 0 aliphatic carbocycles. The Morgan fingerprint density at radius 1 is 1.14 bits per heavy atom. The SMILES string of the molecule is NC(=O)CCc1cccc2c1CCN(C(=O)/C=C/c1c(-n3cnnn3)ccc(Cl)c1F)C2C(=O)Cc1ccc(C(=O)O)cn1. The molecule has 4 aromatic rings. The molecule has 0 bridgehead atoms. The molecule has 44 heavy (non-hydrogen) atoms. The second-order valence-electron chi connectivity index (χ2n) is 10.0. The zero-order valence-electron chi connectivity index (χ0n) is 23.1. The van der Waals surface area contributed by atoms with Crippen LogP contribution < -0.4 is 5.73 Å². The maximum absolute atomic E-state index is 15.1. The van der Waals surface area contributed by atoms with Gasteiger partial charge in [0.25, 0.3) is 0 Å². The summed E-state index contributed by atoms with van der Waals surface area (Å²) in [5.41, 5.74) is 8.16. The lowest BCUT2D eigenvalue weighted by Crippen LogP contribution is -2.43. The summed E-state index contributed by atoms with van der Waals surface area (Å²) in [6, 6.07) is 9.97. The molecule has 3 heterocycles. The van der Waals surface area contributed by atoms with Crippen molar-refractivity contribution in [2.45, 2.75) is 31.7 Å². The van der Waals surface area contributed by atoms with Crippen molar-refractivity contribution in [1.82, 2.24) is 30.1 Å². The van der Waals surface area contributed by atoms with Gasteiger partial charge >= 0.3 is 5.97 Å². The smallest absolute Gasteiger partial charge is 0.337 e. The van der Waals surface area contributed by atoms with Crippen LogP contribution in [0.2, 0.25) is 5.02 Å². The Morgan fingerprint density at radius 3 is 2.64 bits per heavy atom. The number of nitrogens with zero attached hydrogens (tertiary/aromatic N) is 6. The molecule has 2 aromatic carbocycles. The van der Waals surface area contributed by atoms with Crippen LogP contribution in [0.1, 0.15) is 50.8 Å². The number of carboxylic acid groups (broad SMARTS) is 1. The first kappa shape index (κ1) is 30.2. The van der Waals surface area contributed by atoms with Crippen molar-refractivity contribution in [3.8, 4) is 5.69 Å². The van der Waals surface area contributed by atoms with Crippen LogP contribution in [0, 0.1) is 5.82 Å². The number of ketones is 1. The minimum absolute atomic E-state index is 0.0282. The van der Waals surface area contributed by atoms with Crippen molar-refractivity contribution in [3.05, 3.63) is 105 Å². The Kier molecular flexibility index (Phi) is 8.86. The highest BCUT2D eigenvalue weighted by Gasteiger charge is 2.36. The fourth-order valence-corrected chi connectivity index (χ4v) is 5.35. The molecule has 5 rings (SSSR count). The minimum atomic E-state index is -1.15. The summed E-state index contributed by atoms with van der Waals surface area (Å²) in [6.07, 6.45) is 5.56. The van der Waals surface area contributed by atoms with E-state index >= 15 is 4.39 Å². The Morgan fingerprint density at radius 2 is 1.95 bits per heavy atom. The van der Waals surface area contributed by atoms with E-state index < -0.39 is 29.6 Å². The van der Waals surface area contributed by atoms with Gasteiger partial charge in [-0.3, -0.25) is 19.4 Å². The van der Waals surface area contributed by atoms with Crippen LogP contribution in [0.3, 0.4) is 0 Å². The molecule has 0 fully saturated rings. The number of aromatic carboxylic acids is 1. The second kappa shape index (κ2) is 12.9. The molecule has 224 valence electrons. The molecule has 0 saturated heterocycles. The van der Waals surface area contributed by atoms with Crippen LogP contribution >= 0.6 is 11.6 Å². The van der Waals surface area contributed by atoms with Gasteiger partial charge in [0, 0.05) is 36.5 Å². The number of amides is 2. The predicted octanol–water partition coefficient (Wildman–Crippen LogP) is 2.92. The number of primary amides is 1. The summed E-state index contributed by atoms with van der Waals surface area (Å²) in [4.78, 5) is 55.8. The third-order valence-corrected chi connectivity index (χ3v) is 7.56. The number of pyridine rings is 1. The number of carbonyl (C=O) groups is 4. The summed E-state index contributed by atoms with van der Waals surface area (Å²) >= 11 is 6.02. The number of nitrogens with two attached hydrogens (primary N) is 1. The summed E-state index contributed by atoms with van der Waals surface area (Å²) in [6.45, 7) is 0.156. The van der Waals surface area contributed by atoms with Gasteiger partial charge in [0.1, 0.15) is 12.4 Å². The molecular formula is C30H25ClFN7O5. The topological polar surface area (TPSA) is 174 Å². The number of hydrogen-bond acceptors (Lipinski definition) is 8. The van der Waals surface area contributed by atoms with Crippen molar-refractivity contribution >= 4 is 41.2 Å². The van der Waals surface area contributed by atoms with Gasteiger partial charge in [-0.05, 0) is 70.3 Å². The average molecular weight is 618 g/mol. The lowest BCUT2D eigenvalue weighted by Gasteiger charge is -2.37. The molecule has 2 amide bonds. The number of Topliss-reactive ketones (excluding diaryl/α,β-unsaturated/α-hetero) is 1. The van der Waals surface area contributed by atoms with Gasteiger partial charge in [-0.15, -0.1) is 5.10 Å². The van der Waals surface area contributed by atoms with Crippen molar-refractivity contribution in [2.24, 2.45) is 5.73 Å². The molecule has 12 nitrogen and oxygen atoms in total. The van der Waals surface area contributed by atoms with E-state index in [1.807, 2.05) is 6.07 Å². The van der Waals surface area contributed by atoms with E-state index in [9.17, 15) is 24.3 Å². The molecule has 2 aromatic heterocycles. The molecule has 0 spiro atoms. The Hall–Kier alpha value is -5.30. The summed E-state index contributed by atoms with van der Waals surface area (Å²) in [7, 11) is 0. The molecule has 0 saturated carbocycles. The number of aryl methyl sites for hydroxylation is 1. The van der Waals surface area contributed by atoms with E-state index in [0.29, 0.717) is 24.1 Å². The first-order chi connectivity index (χ1) is 21.1. The van der Waals surface area contributed by atoms with E-state index in [1.54, 1.807) is 12.1 Å². The maximum Gasteiger partial charge on any atom is 0.337 e. The van der Waals surface area contributed by atoms with Crippen LogP contribution in [0.25, 0.3) is 11.8 Å². The van der Waals surface area contributed by atoms with Crippen LogP contribution in [0.5, 0.6) is 0 Å². The monoisotopic (exact) mass is 617 g/mol. The largest absolute Gasteiger partial charge is 0.478 e. The third kappa shape index (κ3) is 6.37. The number of carboxylic acids is 1. The van der Waals surface area contributed by atoms with Crippen molar-refractivity contribution in [2.75, 3.05) is 6.54 Å². The fraction of sp³-hybridized carbons (Fsp3) is 0.200. The van der Waals surface area contributed by atoms with Crippen molar-refractivity contribution in [1.29, 1.82) is 0 Å². The van der Waals surface area contributed by atoms with Crippen LogP contribution in [0.15, 0.2) is 61.1 Å². The Bertz CT molecular complexity index is 1780.